The zero-order chi connectivity index (χ0) is 20.6. The van der Waals surface area contributed by atoms with Crippen LogP contribution in [0.3, 0.4) is 0 Å². The van der Waals surface area contributed by atoms with Gasteiger partial charge in [-0.25, -0.2) is 4.98 Å². The summed E-state index contributed by atoms with van der Waals surface area (Å²) in [6, 6.07) is 14.6. The third-order valence-corrected chi connectivity index (χ3v) is 4.91. The van der Waals surface area contributed by atoms with Gasteiger partial charge in [-0.1, -0.05) is 29.8 Å². The fourth-order valence-electron chi connectivity index (χ4n) is 2.51. The van der Waals surface area contributed by atoms with Crippen molar-refractivity contribution in [3.05, 3.63) is 75.7 Å². The predicted molar refractivity (Wildman–Crippen MR) is 109 cm³/mol. The van der Waals surface area contributed by atoms with Gasteiger partial charge in [0.25, 0.3) is 0 Å². The van der Waals surface area contributed by atoms with Gasteiger partial charge in [0.05, 0.1) is 25.6 Å². The molecule has 0 saturated heterocycles. The van der Waals surface area contributed by atoms with Crippen LogP contribution in [0.1, 0.15) is 21.8 Å². The minimum Gasteiger partial charge on any atom is -0.486 e. The van der Waals surface area contributed by atoms with Crippen LogP contribution in [0.25, 0.3) is 0 Å². The maximum atomic E-state index is 12.1. The normalized spacial score (nSPS) is 10.4. The molecule has 0 amide bonds. The number of nitrogens with zero attached hydrogens (tertiary/aromatic N) is 1. The highest BCUT2D eigenvalue weighted by Gasteiger charge is 2.11. The maximum absolute atomic E-state index is 12.1. The van der Waals surface area contributed by atoms with Crippen molar-refractivity contribution in [2.24, 2.45) is 0 Å². The molecule has 7 heteroatoms. The van der Waals surface area contributed by atoms with Gasteiger partial charge in [0.2, 0.25) is 0 Å². The highest BCUT2D eigenvalue weighted by Crippen LogP contribution is 2.18. The summed E-state index contributed by atoms with van der Waals surface area (Å²) in [7, 11) is 1.34. The molecule has 0 N–H and O–H groups in total. The van der Waals surface area contributed by atoms with Gasteiger partial charge in [0.1, 0.15) is 23.1 Å². The minimum atomic E-state index is -0.401. The number of carbonyl (C=O) groups is 2. The first-order chi connectivity index (χ1) is 14.0. The standard InChI is InChI=1S/C22H21NO5S/c1-15-3-7-18(8-4-15)27-13-20-23-17(14-29-20)12-22(25)28-19-9-5-16(6-10-19)11-21(24)26-2/h3-10,14H,11-13H2,1-2H3. The van der Waals surface area contributed by atoms with E-state index in [0.29, 0.717) is 18.1 Å². The van der Waals surface area contributed by atoms with Crippen molar-refractivity contribution in [1.82, 2.24) is 4.98 Å². The molecule has 150 valence electrons. The Labute approximate surface area is 173 Å². The maximum Gasteiger partial charge on any atom is 0.317 e. The second kappa shape index (κ2) is 9.84. The van der Waals surface area contributed by atoms with Crippen molar-refractivity contribution < 1.29 is 23.8 Å². The topological polar surface area (TPSA) is 74.7 Å². The summed E-state index contributed by atoms with van der Waals surface area (Å²) < 4.78 is 15.7. The Bertz CT molecular complexity index is 964. The molecule has 0 aliphatic heterocycles. The lowest BCUT2D eigenvalue weighted by molar-refractivity contribution is -0.139. The molecule has 0 aliphatic rings. The molecule has 0 spiro atoms. The summed E-state index contributed by atoms with van der Waals surface area (Å²) >= 11 is 1.44. The summed E-state index contributed by atoms with van der Waals surface area (Å²) in [5.74, 6) is 0.478. The first kappa shape index (κ1) is 20.5. The first-order valence-corrected chi connectivity index (χ1v) is 9.89. The van der Waals surface area contributed by atoms with E-state index in [1.165, 1.54) is 24.0 Å². The summed E-state index contributed by atoms with van der Waals surface area (Å²) in [6.45, 7) is 2.37. The molecule has 0 atom stereocenters. The summed E-state index contributed by atoms with van der Waals surface area (Å²) in [4.78, 5) is 27.8. The van der Waals surface area contributed by atoms with Gasteiger partial charge in [-0.2, -0.15) is 0 Å². The average Bonchev–Trinajstić information content (AvgIpc) is 3.16. The molecule has 0 radical (unpaired) electrons. The Kier molecular flexibility index (Phi) is 6.97. The fraction of sp³-hybridized carbons (Fsp3) is 0.227. The molecular formula is C22H21NO5S. The second-order valence-corrected chi connectivity index (χ2v) is 7.32. The number of rotatable bonds is 8. The number of esters is 2. The predicted octanol–water partition coefficient (Wildman–Crippen LogP) is 3.89. The van der Waals surface area contributed by atoms with Crippen molar-refractivity contribution in [3.8, 4) is 11.5 Å². The van der Waals surface area contributed by atoms with Gasteiger partial charge in [-0.05, 0) is 36.8 Å². The fourth-order valence-corrected chi connectivity index (χ4v) is 3.21. The molecule has 0 aliphatic carbocycles. The van der Waals surface area contributed by atoms with Crippen LogP contribution in [-0.2, 0) is 33.8 Å². The van der Waals surface area contributed by atoms with Crippen LogP contribution in [0, 0.1) is 6.92 Å². The van der Waals surface area contributed by atoms with E-state index < -0.39 is 5.97 Å². The van der Waals surface area contributed by atoms with Crippen LogP contribution < -0.4 is 9.47 Å². The van der Waals surface area contributed by atoms with E-state index in [1.54, 1.807) is 24.3 Å². The summed E-state index contributed by atoms with van der Waals surface area (Å²) in [6.07, 6.45) is 0.252. The molecule has 0 unspecified atom stereocenters. The van der Waals surface area contributed by atoms with E-state index in [4.69, 9.17) is 9.47 Å². The largest absolute Gasteiger partial charge is 0.486 e. The highest BCUT2D eigenvalue weighted by atomic mass is 32.1. The third kappa shape index (κ3) is 6.43. The molecule has 3 rings (SSSR count). The molecule has 0 bridgehead atoms. The number of aromatic nitrogens is 1. The van der Waals surface area contributed by atoms with E-state index in [2.05, 4.69) is 9.72 Å². The number of methoxy groups -OCH3 is 1. The highest BCUT2D eigenvalue weighted by molar-refractivity contribution is 7.09. The van der Waals surface area contributed by atoms with Gasteiger partial charge in [0, 0.05) is 5.38 Å². The molecule has 0 saturated carbocycles. The van der Waals surface area contributed by atoms with Crippen molar-refractivity contribution >= 4 is 23.3 Å². The summed E-state index contributed by atoms with van der Waals surface area (Å²) in [5.41, 5.74) is 2.60. The Morgan fingerprint density at radius 3 is 2.31 bits per heavy atom. The van der Waals surface area contributed by atoms with Gasteiger partial charge >= 0.3 is 11.9 Å². The van der Waals surface area contributed by atoms with Gasteiger partial charge in [-0.3, -0.25) is 9.59 Å². The van der Waals surface area contributed by atoms with Gasteiger partial charge < -0.3 is 14.2 Å². The van der Waals surface area contributed by atoms with Crippen molar-refractivity contribution in [1.29, 1.82) is 0 Å². The molecule has 0 fully saturated rings. The van der Waals surface area contributed by atoms with Crippen LogP contribution in [0.15, 0.2) is 53.9 Å². The average molecular weight is 411 g/mol. The number of aryl methyl sites for hydroxylation is 1. The van der Waals surface area contributed by atoms with Crippen LogP contribution in [0.4, 0.5) is 0 Å². The Morgan fingerprint density at radius 1 is 0.931 bits per heavy atom. The van der Waals surface area contributed by atoms with E-state index in [0.717, 1.165) is 16.3 Å². The number of carbonyl (C=O) groups excluding carboxylic acids is 2. The van der Waals surface area contributed by atoms with E-state index >= 15 is 0 Å². The molecule has 1 aromatic heterocycles. The first-order valence-electron chi connectivity index (χ1n) is 9.01. The third-order valence-electron chi connectivity index (χ3n) is 4.04. The number of hydrogen-bond donors (Lipinski definition) is 0. The molecular weight excluding hydrogens is 390 g/mol. The number of thiazole rings is 1. The SMILES string of the molecule is COC(=O)Cc1ccc(OC(=O)Cc2csc(COc3ccc(C)cc3)n2)cc1. The number of hydrogen-bond acceptors (Lipinski definition) is 7. The molecule has 1 heterocycles. The molecule has 3 aromatic rings. The Hall–Kier alpha value is -3.19. The molecule has 6 nitrogen and oxygen atoms in total. The Morgan fingerprint density at radius 2 is 1.62 bits per heavy atom. The zero-order valence-electron chi connectivity index (χ0n) is 16.2. The quantitative estimate of drug-likeness (QED) is 0.413. The summed E-state index contributed by atoms with van der Waals surface area (Å²) in [5, 5.41) is 2.62. The van der Waals surface area contributed by atoms with Crippen LogP contribution in [0.2, 0.25) is 0 Å². The minimum absolute atomic E-state index is 0.0743. The monoisotopic (exact) mass is 411 g/mol. The number of benzene rings is 2. The number of ether oxygens (including phenoxy) is 3. The Balaban J connectivity index is 1.48. The van der Waals surface area contributed by atoms with Gasteiger partial charge in [0.15, 0.2) is 0 Å². The van der Waals surface area contributed by atoms with Crippen molar-refractivity contribution in [2.45, 2.75) is 26.4 Å². The lowest BCUT2D eigenvalue weighted by Crippen LogP contribution is -2.12. The molecule has 2 aromatic carbocycles. The van der Waals surface area contributed by atoms with Crippen LogP contribution in [0.5, 0.6) is 11.5 Å². The van der Waals surface area contributed by atoms with E-state index in [9.17, 15) is 9.59 Å². The molecule has 29 heavy (non-hydrogen) atoms. The van der Waals surface area contributed by atoms with Gasteiger partial charge in [-0.15, -0.1) is 11.3 Å². The van der Waals surface area contributed by atoms with Crippen molar-refractivity contribution in [2.75, 3.05) is 7.11 Å². The van der Waals surface area contributed by atoms with E-state index in [1.807, 2.05) is 36.6 Å². The zero-order valence-corrected chi connectivity index (χ0v) is 17.0. The van der Waals surface area contributed by atoms with Crippen LogP contribution in [-0.4, -0.2) is 24.0 Å². The lowest BCUT2D eigenvalue weighted by atomic mass is 10.1. The smallest absolute Gasteiger partial charge is 0.317 e. The van der Waals surface area contributed by atoms with E-state index in [-0.39, 0.29) is 18.8 Å². The second-order valence-electron chi connectivity index (χ2n) is 6.38. The van der Waals surface area contributed by atoms with Crippen molar-refractivity contribution in [3.63, 3.8) is 0 Å². The lowest BCUT2D eigenvalue weighted by Gasteiger charge is -2.05. The van der Waals surface area contributed by atoms with Crippen LogP contribution >= 0.6 is 11.3 Å².